The van der Waals surface area contributed by atoms with Gasteiger partial charge in [0.15, 0.2) is 5.75 Å². The van der Waals surface area contributed by atoms with Crippen LogP contribution in [0.1, 0.15) is 43.0 Å². The Morgan fingerprint density at radius 3 is 2.68 bits per heavy atom. The topological polar surface area (TPSA) is 99.3 Å². The number of aromatic nitrogens is 2. The maximum Gasteiger partial charge on any atom is 0.311 e. The number of carbonyl (C=O) groups is 1. The molecule has 0 aliphatic heterocycles. The van der Waals surface area contributed by atoms with Gasteiger partial charge in [-0.3, -0.25) is 14.9 Å². The normalized spacial score (nSPS) is 12.0. The first kappa shape index (κ1) is 18.4. The number of nitrogens with one attached hydrogen (secondary N) is 1. The Kier molecular flexibility index (Phi) is 5.74. The summed E-state index contributed by atoms with van der Waals surface area (Å²) in [6, 6.07) is 3.89. The molecule has 8 heteroatoms. The number of nitro benzene ring substituents is 1. The Balaban J connectivity index is 2.29. The van der Waals surface area contributed by atoms with Crippen molar-refractivity contribution < 1.29 is 14.5 Å². The van der Waals surface area contributed by atoms with Gasteiger partial charge in [0.05, 0.1) is 17.6 Å². The highest BCUT2D eigenvalue weighted by molar-refractivity contribution is 5.95. The molecule has 1 amide bonds. The van der Waals surface area contributed by atoms with E-state index in [1.807, 2.05) is 25.5 Å². The molecule has 0 bridgehead atoms. The van der Waals surface area contributed by atoms with Crippen LogP contribution in [0.15, 0.2) is 30.6 Å². The third kappa shape index (κ3) is 4.14. The molecule has 1 atom stereocenters. The van der Waals surface area contributed by atoms with Gasteiger partial charge >= 0.3 is 5.69 Å². The molecule has 25 heavy (non-hydrogen) atoms. The highest BCUT2D eigenvalue weighted by Crippen LogP contribution is 2.28. The van der Waals surface area contributed by atoms with Crippen LogP contribution in [0.25, 0.3) is 0 Å². The lowest BCUT2D eigenvalue weighted by atomic mass is 10.0. The van der Waals surface area contributed by atoms with Gasteiger partial charge in [0.25, 0.3) is 5.91 Å². The molecule has 2 rings (SSSR count). The molecule has 0 aliphatic carbocycles. The van der Waals surface area contributed by atoms with Gasteiger partial charge in [-0.15, -0.1) is 0 Å². The predicted molar refractivity (Wildman–Crippen MR) is 92.5 cm³/mol. The first-order chi connectivity index (χ1) is 11.8. The van der Waals surface area contributed by atoms with Crippen LogP contribution in [0.5, 0.6) is 5.75 Å². The number of nitro groups is 1. The van der Waals surface area contributed by atoms with Gasteiger partial charge in [0.1, 0.15) is 5.82 Å². The fourth-order valence-corrected chi connectivity index (χ4v) is 2.51. The molecule has 0 spiro atoms. The van der Waals surface area contributed by atoms with Crippen LogP contribution >= 0.6 is 0 Å². The summed E-state index contributed by atoms with van der Waals surface area (Å²) in [4.78, 5) is 27.5. The van der Waals surface area contributed by atoms with E-state index >= 15 is 0 Å². The smallest absolute Gasteiger partial charge is 0.311 e. The van der Waals surface area contributed by atoms with Crippen molar-refractivity contribution in [1.29, 1.82) is 0 Å². The minimum Gasteiger partial charge on any atom is -0.487 e. The third-order valence-corrected chi connectivity index (χ3v) is 3.81. The highest BCUT2D eigenvalue weighted by Gasteiger charge is 2.24. The van der Waals surface area contributed by atoms with E-state index in [-0.39, 0.29) is 29.0 Å². The molecular weight excluding hydrogens is 324 g/mol. The van der Waals surface area contributed by atoms with Crippen molar-refractivity contribution in [2.24, 2.45) is 13.0 Å². The summed E-state index contributed by atoms with van der Waals surface area (Å²) in [6.07, 6.45) is 3.47. The van der Waals surface area contributed by atoms with Gasteiger partial charge < -0.3 is 14.6 Å². The molecule has 1 N–H and O–H groups in total. The number of hydrogen-bond donors (Lipinski definition) is 1. The highest BCUT2D eigenvalue weighted by atomic mass is 16.6. The van der Waals surface area contributed by atoms with Crippen LogP contribution in [0.3, 0.4) is 0 Å². The maximum absolute atomic E-state index is 12.6. The third-order valence-electron chi connectivity index (χ3n) is 3.81. The minimum atomic E-state index is -0.555. The van der Waals surface area contributed by atoms with Gasteiger partial charge in [-0.25, -0.2) is 4.98 Å². The molecule has 1 heterocycles. The molecule has 2 aromatic rings. The van der Waals surface area contributed by atoms with Crippen molar-refractivity contribution in [3.05, 3.63) is 52.1 Å². The summed E-state index contributed by atoms with van der Waals surface area (Å²) in [7, 11) is 1.85. The molecule has 8 nitrogen and oxygen atoms in total. The van der Waals surface area contributed by atoms with E-state index in [4.69, 9.17) is 4.74 Å². The van der Waals surface area contributed by atoms with Crippen LogP contribution in [0.4, 0.5) is 5.69 Å². The standard InChI is InChI=1S/C17H22N4O4/c1-5-25-14-7-6-12(10-13(14)21(23)24)17(22)19-15(11(2)3)16-18-8-9-20(16)4/h6-11,15H,5H2,1-4H3,(H,19,22)/t15-/m1/s1. The predicted octanol–water partition coefficient (Wildman–Crippen LogP) is 2.85. The van der Waals surface area contributed by atoms with Crippen LogP contribution < -0.4 is 10.1 Å². The Labute approximate surface area is 146 Å². The lowest BCUT2D eigenvalue weighted by Gasteiger charge is -2.22. The number of benzene rings is 1. The average molecular weight is 346 g/mol. The van der Waals surface area contributed by atoms with E-state index in [9.17, 15) is 14.9 Å². The summed E-state index contributed by atoms with van der Waals surface area (Å²) < 4.78 is 7.08. The maximum atomic E-state index is 12.6. The SMILES string of the molecule is CCOc1ccc(C(=O)N[C@@H](c2nccn2C)C(C)C)cc1[N+](=O)[O-]. The molecule has 0 unspecified atom stereocenters. The van der Waals surface area contributed by atoms with E-state index in [1.54, 1.807) is 19.3 Å². The van der Waals surface area contributed by atoms with E-state index < -0.39 is 10.8 Å². The van der Waals surface area contributed by atoms with Crippen LogP contribution in [0, 0.1) is 16.0 Å². The zero-order valence-electron chi connectivity index (χ0n) is 14.7. The lowest BCUT2D eigenvalue weighted by Crippen LogP contribution is -2.33. The van der Waals surface area contributed by atoms with E-state index in [0.29, 0.717) is 6.61 Å². The largest absolute Gasteiger partial charge is 0.487 e. The van der Waals surface area contributed by atoms with E-state index in [2.05, 4.69) is 10.3 Å². The summed E-state index contributed by atoms with van der Waals surface area (Å²) in [5.74, 6) is 0.577. The van der Waals surface area contributed by atoms with Crippen molar-refractivity contribution in [3.63, 3.8) is 0 Å². The summed E-state index contributed by atoms with van der Waals surface area (Å²) >= 11 is 0. The second-order valence-corrected chi connectivity index (χ2v) is 5.96. The zero-order chi connectivity index (χ0) is 18.6. The monoisotopic (exact) mass is 346 g/mol. The van der Waals surface area contributed by atoms with Crippen LogP contribution in [-0.2, 0) is 7.05 Å². The number of nitrogens with zero attached hydrogens (tertiary/aromatic N) is 3. The van der Waals surface area contributed by atoms with Crippen molar-refractivity contribution in [3.8, 4) is 5.75 Å². The summed E-state index contributed by atoms with van der Waals surface area (Å²) in [5.41, 5.74) is -0.0254. The number of amides is 1. The van der Waals surface area contributed by atoms with Crippen molar-refractivity contribution >= 4 is 11.6 Å². The quantitative estimate of drug-likeness (QED) is 0.614. The second-order valence-electron chi connectivity index (χ2n) is 5.96. The van der Waals surface area contributed by atoms with Crippen LogP contribution in [-0.4, -0.2) is 27.0 Å². The molecule has 1 aromatic heterocycles. The number of rotatable bonds is 7. The number of hydrogen-bond acceptors (Lipinski definition) is 5. The van der Waals surface area contributed by atoms with Crippen LogP contribution in [0.2, 0.25) is 0 Å². The Hall–Kier alpha value is -2.90. The fourth-order valence-electron chi connectivity index (χ4n) is 2.51. The number of imidazole rings is 1. The van der Waals surface area contributed by atoms with E-state index in [1.165, 1.54) is 18.2 Å². The lowest BCUT2D eigenvalue weighted by molar-refractivity contribution is -0.385. The number of carbonyl (C=O) groups excluding carboxylic acids is 1. The Morgan fingerprint density at radius 1 is 1.44 bits per heavy atom. The van der Waals surface area contributed by atoms with Crippen molar-refractivity contribution in [2.75, 3.05) is 6.61 Å². The second kappa shape index (κ2) is 7.78. The number of ether oxygens (including phenoxy) is 1. The molecule has 0 fully saturated rings. The number of aryl methyl sites for hydroxylation is 1. The fraction of sp³-hybridized carbons (Fsp3) is 0.412. The Bertz CT molecular complexity index is 770. The molecule has 134 valence electrons. The van der Waals surface area contributed by atoms with Gasteiger partial charge in [0.2, 0.25) is 0 Å². The first-order valence-corrected chi connectivity index (χ1v) is 8.04. The van der Waals surface area contributed by atoms with Gasteiger partial charge in [-0.1, -0.05) is 13.8 Å². The van der Waals surface area contributed by atoms with Gasteiger partial charge in [0, 0.05) is 31.1 Å². The average Bonchev–Trinajstić information content (AvgIpc) is 2.98. The van der Waals surface area contributed by atoms with Gasteiger partial charge in [-0.2, -0.15) is 0 Å². The molecular formula is C17H22N4O4. The summed E-state index contributed by atoms with van der Waals surface area (Å²) in [5, 5.41) is 14.1. The zero-order valence-corrected chi connectivity index (χ0v) is 14.7. The van der Waals surface area contributed by atoms with Gasteiger partial charge in [-0.05, 0) is 25.0 Å². The minimum absolute atomic E-state index is 0.0998. The Morgan fingerprint density at radius 2 is 2.16 bits per heavy atom. The molecule has 1 aromatic carbocycles. The van der Waals surface area contributed by atoms with E-state index in [0.717, 1.165) is 5.82 Å². The molecule has 0 radical (unpaired) electrons. The first-order valence-electron chi connectivity index (χ1n) is 8.04. The molecule has 0 saturated heterocycles. The van der Waals surface area contributed by atoms with Crippen molar-refractivity contribution in [1.82, 2.24) is 14.9 Å². The summed E-state index contributed by atoms with van der Waals surface area (Å²) in [6.45, 7) is 5.99. The molecule has 0 saturated carbocycles. The molecule has 0 aliphatic rings. The van der Waals surface area contributed by atoms with Crippen molar-refractivity contribution in [2.45, 2.75) is 26.8 Å².